The van der Waals surface area contributed by atoms with E-state index in [4.69, 9.17) is 0 Å². The average Bonchev–Trinajstić information content (AvgIpc) is 2.75. The molecule has 1 aliphatic heterocycles. The molecular formula is C10H14N2O3S2. The number of thioether (sulfide) groups is 1. The molecule has 1 N–H and O–H groups in total. The largest absolute Gasteiger partial charge is 0.388 e. The Kier molecular flexibility index (Phi) is 3.90. The third-order valence-electron chi connectivity index (χ3n) is 2.62. The predicted octanol–water partition coefficient (Wildman–Crippen LogP) is 2.26. The second-order valence-corrected chi connectivity index (χ2v) is 6.16. The summed E-state index contributed by atoms with van der Waals surface area (Å²) in [4.78, 5) is 13.3. The van der Waals surface area contributed by atoms with Gasteiger partial charge in [-0.1, -0.05) is 0 Å². The number of anilines is 1. The molecule has 1 aromatic heterocycles. The normalized spacial score (nSPS) is 18.1. The van der Waals surface area contributed by atoms with Gasteiger partial charge in [-0.2, -0.15) is 11.8 Å². The van der Waals surface area contributed by atoms with Crippen molar-refractivity contribution in [2.24, 2.45) is 0 Å². The van der Waals surface area contributed by atoms with Gasteiger partial charge in [0.25, 0.3) is 0 Å². The number of rotatable bonds is 3. The molecule has 0 saturated carbocycles. The SMILES string of the molecule is CC(O)c1cc([N+](=O)[O-])c(N2CCSCC2)s1. The van der Waals surface area contributed by atoms with Crippen LogP contribution in [0.2, 0.25) is 0 Å². The van der Waals surface area contributed by atoms with Gasteiger partial charge in [-0.3, -0.25) is 10.1 Å². The first-order valence-corrected chi connectivity index (χ1v) is 7.35. The van der Waals surface area contributed by atoms with Crippen molar-refractivity contribution in [3.63, 3.8) is 0 Å². The second-order valence-electron chi connectivity index (χ2n) is 3.87. The molecule has 1 atom stereocenters. The summed E-state index contributed by atoms with van der Waals surface area (Å²) in [5, 5.41) is 21.2. The minimum Gasteiger partial charge on any atom is -0.388 e. The van der Waals surface area contributed by atoms with Crippen LogP contribution in [0.1, 0.15) is 17.9 Å². The van der Waals surface area contributed by atoms with E-state index in [2.05, 4.69) is 0 Å². The molecule has 94 valence electrons. The van der Waals surface area contributed by atoms with Crippen LogP contribution < -0.4 is 4.90 Å². The van der Waals surface area contributed by atoms with E-state index in [0.29, 0.717) is 9.88 Å². The smallest absolute Gasteiger partial charge is 0.304 e. The average molecular weight is 274 g/mol. The number of hydrogen-bond donors (Lipinski definition) is 1. The Morgan fingerprint density at radius 3 is 2.71 bits per heavy atom. The molecule has 1 aliphatic rings. The number of nitrogens with zero attached hydrogens (tertiary/aromatic N) is 2. The van der Waals surface area contributed by atoms with Gasteiger partial charge in [0.1, 0.15) is 0 Å². The lowest BCUT2D eigenvalue weighted by molar-refractivity contribution is -0.383. The molecular weight excluding hydrogens is 260 g/mol. The number of hydrogen-bond acceptors (Lipinski definition) is 6. The molecule has 0 spiro atoms. The fourth-order valence-electron chi connectivity index (χ4n) is 1.72. The first-order valence-electron chi connectivity index (χ1n) is 5.38. The highest BCUT2D eigenvalue weighted by Gasteiger charge is 2.26. The molecule has 2 heterocycles. The Morgan fingerprint density at radius 1 is 1.53 bits per heavy atom. The van der Waals surface area contributed by atoms with Crippen LogP contribution in [-0.2, 0) is 0 Å². The van der Waals surface area contributed by atoms with E-state index in [1.165, 1.54) is 17.4 Å². The van der Waals surface area contributed by atoms with E-state index < -0.39 is 6.10 Å². The third kappa shape index (κ3) is 2.72. The van der Waals surface area contributed by atoms with Gasteiger partial charge in [-0.25, -0.2) is 0 Å². The van der Waals surface area contributed by atoms with Gasteiger partial charge < -0.3 is 10.0 Å². The van der Waals surface area contributed by atoms with Crippen LogP contribution in [0.3, 0.4) is 0 Å². The van der Waals surface area contributed by atoms with Crippen LogP contribution in [0, 0.1) is 10.1 Å². The zero-order chi connectivity index (χ0) is 12.4. The van der Waals surface area contributed by atoms with E-state index in [1.54, 1.807) is 6.92 Å². The highest BCUT2D eigenvalue weighted by molar-refractivity contribution is 7.99. The maximum atomic E-state index is 11.0. The fraction of sp³-hybridized carbons (Fsp3) is 0.600. The molecule has 1 aromatic rings. The van der Waals surface area contributed by atoms with Crippen LogP contribution in [0.4, 0.5) is 10.7 Å². The highest BCUT2D eigenvalue weighted by Crippen LogP contribution is 2.40. The first kappa shape index (κ1) is 12.7. The second kappa shape index (κ2) is 5.24. The maximum Gasteiger partial charge on any atom is 0.304 e. The summed E-state index contributed by atoms with van der Waals surface area (Å²) in [5.41, 5.74) is 0.123. The monoisotopic (exact) mass is 274 g/mol. The van der Waals surface area contributed by atoms with E-state index in [1.807, 2.05) is 16.7 Å². The van der Waals surface area contributed by atoms with Gasteiger partial charge in [0.15, 0.2) is 5.00 Å². The van der Waals surface area contributed by atoms with Crippen molar-refractivity contribution in [3.05, 3.63) is 21.1 Å². The molecule has 0 radical (unpaired) electrons. The number of aliphatic hydroxyl groups is 1. The summed E-state index contributed by atoms with van der Waals surface area (Å²) in [6, 6.07) is 1.49. The lowest BCUT2D eigenvalue weighted by Gasteiger charge is -2.26. The van der Waals surface area contributed by atoms with Crippen LogP contribution in [-0.4, -0.2) is 34.6 Å². The van der Waals surface area contributed by atoms with Crippen LogP contribution >= 0.6 is 23.1 Å². The summed E-state index contributed by atoms with van der Waals surface area (Å²) in [6.07, 6.45) is -0.647. The van der Waals surface area contributed by atoms with Gasteiger partial charge in [-0.15, -0.1) is 11.3 Å². The zero-order valence-corrected chi connectivity index (χ0v) is 11.1. The summed E-state index contributed by atoms with van der Waals surface area (Å²) in [5.74, 6) is 2.00. The Bertz CT molecular complexity index is 414. The van der Waals surface area contributed by atoms with Crippen molar-refractivity contribution in [1.82, 2.24) is 0 Å². The van der Waals surface area contributed by atoms with Crippen molar-refractivity contribution >= 4 is 33.8 Å². The Balaban J connectivity index is 2.32. The molecule has 17 heavy (non-hydrogen) atoms. The summed E-state index contributed by atoms with van der Waals surface area (Å²) in [6.45, 7) is 3.31. The van der Waals surface area contributed by atoms with E-state index in [-0.39, 0.29) is 10.6 Å². The number of thiophene rings is 1. The fourth-order valence-corrected chi connectivity index (χ4v) is 3.74. The number of nitro groups is 1. The Labute approximate surface area is 108 Å². The molecule has 0 amide bonds. The molecule has 0 aromatic carbocycles. The van der Waals surface area contributed by atoms with Crippen LogP contribution in [0.15, 0.2) is 6.07 Å². The van der Waals surface area contributed by atoms with Gasteiger partial charge in [0, 0.05) is 35.5 Å². The van der Waals surface area contributed by atoms with Gasteiger partial charge >= 0.3 is 5.69 Å². The van der Waals surface area contributed by atoms with Gasteiger partial charge in [0.05, 0.1) is 11.0 Å². The molecule has 1 saturated heterocycles. The summed E-state index contributed by atoms with van der Waals surface area (Å²) < 4.78 is 0. The highest BCUT2D eigenvalue weighted by atomic mass is 32.2. The third-order valence-corrected chi connectivity index (χ3v) is 4.92. The van der Waals surface area contributed by atoms with Crippen LogP contribution in [0.5, 0.6) is 0 Å². The van der Waals surface area contributed by atoms with Gasteiger partial charge in [-0.05, 0) is 6.92 Å². The molecule has 1 unspecified atom stereocenters. The predicted molar refractivity (Wildman–Crippen MR) is 71.1 cm³/mol. The van der Waals surface area contributed by atoms with E-state index in [9.17, 15) is 15.2 Å². The molecule has 2 rings (SSSR count). The lowest BCUT2D eigenvalue weighted by atomic mass is 10.3. The molecule has 7 heteroatoms. The van der Waals surface area contributed by atoms with E-state index >= 15 is 0 Å². The van der Waals surface area contributed by atoms with E-state index in [0.717, 1.165) is 24.6 Å². The first-order chi connectivity index (χ1) is 8.09. The Hall–Kier alpha value is -0.790. The molecule has 5 nitrogen and oxygen atoms in total. The summed E-state index contributed by atoms with van der Waals surface area (Å²) in [7, 11) is 0. The standard InChI is InChI=1S/C10H14N2O3S2/c1-7(13)9-6-8(12(14)15)10(17-9)11-2-4-16-5-3-11/h6-7,13H,2-5H2,1H3. The van der Waals surface area contributed by atoms with Crippen LogP contribution in [0.25, 0.3) is 0 Å². The molecule has 0 aliphatic carbocycles. The lowest BCUT2D eigenvalue weighted by Crippen LogP contribution is -2.32. The van der Waals surface area contributed by atoms with Crippen molar-refractivity contribution in [3.8, 4) is 0 Å². The summed E-state index contributed by atoms with van der Waals surface area (Å²) >= 11 is 3.19. The van der Waals surface area contributed by atoms with Crippen molar-refractivity contribution in [1.29, 1.82) is 0 Å². The van der Waals surface area contributed by atoms with Crippen molar-refractivity contribution in [2.45, 2.75) is 13.0 Å². The van der Waals surface area contributed by atoms with Crippen molar-refractivity contribution in [2.75, 3.05) is 29.5 Å². The maximum absolute atomic E-state index is 11.0. The minimum absolute atomic E-state index is 0.123. The van der Waals surface area contributed by atoms with Gasteiger partial charge in [0.2, 0.25) is 0 Å². The number of aliphatic hydroxyl groups excluding tert-OH is 1. The zero-order valence-electron chi connectivity index (χ0n) is 9.46. The molecule has 0 bridgehead atoms. The van der Waals surface area contributed by atoms with Crippen molar-refractivity contribution < 1.29 is 10.0 Å². The molecule has 1 fully saturated rings. The quantitative estimate of drug-likeness (QED) is 0.676. The minimum atomic E-state index is -0.647. The Morgan fingerprint density at radius 2 is 2.18 bits per heavy atom. The topological polar surface area (TPSA) is 66.6 Å².